The minimum absolute atomic E-state index is 0.0480. The van der Waals surface area contributed by atoms with Gasteiger partial charge in [-0.2, -0.15) is 0 Å². The van der Waals surface area contributed by atoms with Crippen LogP contribution in [-0.4, -0.2) is 12.6 Å². The first-order valence-corrected chi connectivity index (χ1v) is 4.21. The van der Waals surface area contributed by atoms with E-state index in [-0.39, 0.29) is 11.9 Å². The number of carbonyl (C=O) groups excluding carboxylic acids is 1. The summed E-state index contributed by atoms with van der Waals surface area (Å²) in [4.78, 5) is 11.2. The molecule has 11 heavy (non-hydrogen) atoms. The van der Waals surface area contributed by atoms with Gasteiger partial charge in [-0.05, 0) is 18.3 Å². The third kappa shape index (κ3) is 0.561. The Morgan fingerprint density at radius 2 is 2.18 bits per heavy atom. The summed E-state index contributed by atoms with van der Waals surface area (Å²) in [5.41, 5.74) is 0. The molecule has 1 saturated carbocycles. The Morgan fingerprint density at radius 1 is 1.36 bits per heavy atom. The van der Waals surface area contributed by atoms with Crippen LogP contribution in [0.2, 0.25) is 0 Å². The average Bonchev–Trinajstić information content (AvgIpc) is 2.60. The van der Waals surface area contributed by atoms with E-state index in [1.165, 1.54) is 6.42 Å². The lowest BCUT2D eigenvalue weighted by Gasteiger charge is -2.14. The maximum Gasteiger partial charge on any atom is 0.309 e. The minimum atomic E-state index is 0.0480. The zero-order chi connectivity index (χ0) is 7.42. The Balaban J connectivity index is 2.03. The SMILES string of the molecule is O=C1OC[C@H]2[C@H]1[C@@H]1C=C[C@@H]2C1. The molecule has 2 bridgehead atoms. The topological polar surface area (TPSA) is 26.3 Å². The maximum absolute atomic E-state index is 11.2. The molecule has 0 spiro atoms. The highest BCUT2D eigenvalue weighted by atomic mass is 16.5. The highest BCUT2D eigenvalue weighted by molar-refractivity contribution is 5.76. The molecule has 3 rings (SSSR count). The normalized spacial score (nSPS) is 51.5. The number of cyclic esters (lactones) is 1. The van der Waals surface area contributed by atoms with Crippen molar-refractivity contribution in [1.82, 2.24) is 0 Å². The first-order chi connectivity index (χ1) is 5.36. The van der Waals surface area contributed by atoms with Crippen LogP contribution < -0.4 is 0 Å². The Labute approximate surface area is 65.2 Å². The summed E-state index contributed by atoms with van der Waals surface area (Å²) >= 11 is 0. The molecule has 0 amide bonds. The van der Waals surface area contributed by atoms with Crippen molar-refractivity contribution in [1.29, 1.82) is 0 Å². The van der Waals surface area contributed by atoms with Crippen LogP contribution >= 0.6 is 0 Å². The Kier molecular flexibility index (Phi) is 0.888. The molecule has 2 aliphatic carbocycles. The molecule has 0 aromatic carbocycles. The Morgan fingerprint density at radius 3 is 3.00 bits per heavy atom. The number of ether oxygens (including phenoxy) is 1. The summed E-state index contributed by atoms with van der Waals surface area (Å²) in [7, 11) is 0. The van der Waals surface area contributed by atoms with Crippen molar-refractivity contribution in [2.45, 2.75) is 6.42 Å². The van der Waals surface area contributed by atoms with Gasteiger partial charge in [0.15, 0.2) is 0 Å². The van der Waals surface area contributed by atoms with E-state index in [1.807, 2.05) is 0 Å². The molecular weight excluding hydrogens is 140 g/mol. The van der Waals surface area contributed by atoms with Crippen molar-refractivity contribution in [3.8, 4) is 0 Å². The second kappa shape index (κ2) is 1.68. The third-order valence-corrected chi connectivity index (χ3v) is 3.31. The van der Waals surface area contributed by atoms with E-state index < -0.39 is 0 Å². The van der Waals surface area contributed by atoms with Crippen molar-refractivity contribution in [3.63, 3.8) is 0 Å². The molecule has 0 N–H and O–H groups in total. The zero-order valence-electron chi connectivity index (χ0n) is 6.19. The number of esters is 1. The summed E-state index contributed by atoms with van der Waals surface area (Å²) in [5.74, 6) is 1.96. The number of hydrogen-bond acceptors (Lipinski definition) is 2. The Hall–Kier alpha value is -0.790. The van der Waals surface area contributed by atoms with Gasteiger partial charge in [-0.15, -0.1) is 0 Å². The van der Waals surface area contributed by atoms with Crippen LogP contribution in [0, 0.1) is 23.7 Å². The predicted molar refractivity (Wildman–Crippen MR) is 38.7 cm³/mol. The Bertz CT molecular complexity index is 244. The van der Waals surface area contributed by atoms with Crippen LogP contribution in [0.1, 0.15) is 6.42 Å². The first-order valence-electron chi connectivity index (χ1n) is 4.21. The van der Waals surface area contributed by atoms with Gasteiger partial charge < -0.3 is 4.74 Å². The second-order valence-electron chi connectivity index (χ2n) is 3.77. The summed E-state index contributed by atoms with van der Waals surface area (Å²) in [6, 6.07) is 0. The summed E-state index contributed by atoms with van der Waals surface area (Å²) < 4.78 is 5.02. The molecule has 0 unspecified atom stereocenters. The minimum Gasteiger partial charge on any atom is -0.465 e. The van der Waals surface area contributed by atoms with Gasteiger partial charge in [0.2, 0.25) is 0 Å². The van der Waals surface area contributed by atoms with Crippen LogP contribution in [0.4, 0.5) is 0 Å². The number of allylic oxidation sites excluding steroid dienone is 2. The molecule has 1 saturated heterocycles. The largest absolute Gasteiger partial charge is 0.465 e. The monoisotopic (exact) mass is 150 g/mol. The van der Waals surface area contributed by atoms with Crippen molar-refractivity contribution in [2.24, 2.45) is 23.7 Å². The standard InChI is InChI=1S/C9H10O2/c10-9-8-6-2-1-5(3-6)7(8)4-11-9/h1-2,5-8H,3-4H2/t5-,6-,7-,8-/m1/s1. The quantitative estimate of drug-likeness (QED) is 0.380. The van der Waals surface area contributed by atoms with E-state index in [0.717, 1.165) is 0 Å². The number of fused-ring (bicyclic) bond motifs is 5. The zero-order valence-corrected chi connectivity index (χ0v) is 6.19. The molecule has 2 fully saturated rings. The first kappa shape index (κ1) is 5.81. The lowest BCUT2D eigenvalue weighted by atomic mass is 9.86. The summed E-state index contributed by atoms with van der Waals surface area (Å²) in [5, 5.41) is 0. The van der Waals surface area contributed by atoms with Crippen LogP contribution in [0.5, 0.6) is 0 Å². The summed E-state index contributed by atoms with van der Waals surface area (Å²) in [6.45, 7) is 0.676. The van der Waals surface area contributed by atoms with Gasteiger partial charge in [0.05, 0.1) is 12.5 Å². The van der Waals surface area contributed by atoms with Crippen LogP contribution in [0.3, 0.4) is 0 Å². The number of hydrogen-bond donors (Lipinski definition) is 0. The smallest absolute Gasteiger partial charge is 0.309 e. The lowest BCUT2D eigenvalue weighted by Crippen LogP contribution is -2.19. The van der Waals surface area contributed by atoms with Crippen molar-refractivity contribution >= 4 is 5.97 Å². The molecule has 0 aromatic rings. The van der Waals surface area contributed by atoms with Crippen LogP contribution in [-0.2, 0) is 9.53 Å². The van der Waals surface area contributed by atoms with Gasteiger partial charge >= 0.3 is 5.97 Å². The highest BCUT2D eigenvalue weighted by Crippen LogP contribution is 2.50. The van der Waals surface area contributed by atoms with E-state index in [0.29, 0.717) is 24.4 Å². The number of rotatable bonds is 0. The molecule has 2 nitrogen and oxygen atoms in total. The van der Waals surface area contributed by atoms with E-state index >= 15 is 0 Å². The molecule has 58 valence electrons. The van der Waals surface area contributed by atoms with Gasteiger partial charge in [-0.25, -0.2) is 0 Å². The maximum atomic E-state index is 11.2. The highest BCUT2D eigenvalue weighted by Gasteiger charge is 2.52. The predicted octanol–water partition coefficient (Wildman–Crippen LogP) is 0.982. The second-order valence-corrected chi connectivity index (χ2v) is 3.77. The van der Waals surface area contributed by atoms with Gasteiger partial charge in [0, 0.05) is 5.92 Å². The fourth-order valence-electron chi connectivity index (χ4n) is 2.78. The fraction of sp³-hybridized carbons (Fsp3) is 0.667. The molecule has 3 aliphatic rings. The fourth-order valence-corrected chi connectivity index (χ4v) is 2.78. The van der Waals surface area contributed by atoms with E-state index in [1.54, 1.807) is 0 Å². The van der Waals surface area contributed by atoms with Crippen molar-refractivity contribution in [3.05, 3.63) is 12.2 Å². The average molecular weight is 150 g/mol. The summed E-state index contributed by atoms with van der Waals surface area (Å²) in [6.07, 6.45) is 5.65. The van der Waals surface area contributed by atoms with E-state index in [4.69, 9.17) is 4.74 Å². The molecule has 2 heteroatoms. The molecular formula is C9H10O2. The number of carbonyl (C=O) groups is 1. The van der Waals surface area contributed by atoms with E-state index in [9.17, 15) is 4.79 Å². The van der Waals surface area contributed by atoms with Crippen LogP contribution in [0.15, 0.2) is 12.2 Å². The molecule has 4 atom stereocenters. The van der Waals surface area contributed by atoms with Crippen molar-refractivity contribution < 1.29 is 9.53 Å². The third-order valence-electron chi connectivity index (χ3n) is 3.31. The molecule has 1 aliphatic heterocycles. The van der Waals surface area contributed by atoms with Gasteiger partial charge in [0.1, 0.15) is 0 Å². The molecule has 1 heterocycles. The molecule has 0 radical (unpaired) electrons. The van der Waals surface area contributed by atoms with Crippen molar-refractivity contribution in [2.75, 3.05) is 6.61 Å². The van der Waals surface area contributed by atoms with Gasteiger partial charge in [-0.1, -0.05) is 12.2 Å². The van der Waals surface area contributed by atoms with Gasteiger partial charge in [-0.3, -0.25) is 4.79 Å². The van der Waals surface area contributed by atoms with E-state index in [2.05, 4.69) is 12.2 Å². The van der Waals surface area contributed by atoms with Crippen LogP contribution in [0.25, 0.3) is 0 Å². The molecule has 0 aromatic heterocycles. The van der Waals surface area contributed by atoms with Gasteiger partial charge in [0.25, 0.3) is 0 Å². The lowest BCUT2D eigenvalue weighted by molar-refractivity contribution is -0.142.